The van der Waals surface area contributed by atoms with Crippen LogP contribution in [0.25, 0.3) is 0 Å². The molecule has 1 aromatic carbocycles. The van der Waals surface area contributed by atoms with Crippen LogP contribution in [0.2, 0.25) is 0 Å². The molecule has 1 atom stereocenters. The Morgan fingerprint density at radius 3 is 2.71 bits per heavy atom. The summed E-state index contributed by atoms with van der Waals surface area (Å²) < 4.78 is 1.05. The summed E-state index contributed by atoms with van der Waals surface area (Å²) in [5, 5.41) is 0.888. The summed E-state index contributed by atoms with van der Waals surface area (Å²) in [5.74, 6) is 0.245. The van der Waals surface area contributed by atoms with E-state index in [9.17, 15) is 4.79 Å². The van der Waals surface area contributed by atoms with Crippen LogP contribution < -0.4 is 0 Å². The van der Waals surface area contributed by atoms with Gasteiger partial charge >= 0.3 is 0 Å². The highest BCUT2D eigenvalue weighted by atomic mass is 79.9. The van der Waals surface area contributed by atoms with Gasteiger partial charge in [-0.2, -0.15) is 0 Å². The van der Waals surface area contributed by atoms with Crippen LogP contribution >= 0.6 is 31.9 Å². The van der Waals surface area contributed by atoms with E-state index in [1.165, 1.54) is 0 Å². The third-order valence-corrected chi connectivity index (χ3v) is 4.42. The SMILES string of the molecule is O=C(Cc1ccc(Br)cc1)N1CCCC1CBr. The van der Waals surface area contributed by atoms with E-state index < -0.39 is 0 Å². The summed E-state index contributed by atoms with van der Waals surface area (Å²) in [6.07, 6.45) is 2.76. The van der Waals surface area contributed by atoms with Gasteiger partial charge in [0.2, 0.25) is 5.91 Å². The maximum Gasteiger partial charge on any atom is 0.227 e. The molecular weight excluding hydrogens is 346 g/mol. The Morgan fingerprint density at radius 2 is 2.06 bits per heavy atom. The van der Waals surface area contributed by atoms with Gasteiger partial charge in [-0.1, -0.05) is 44.0 Å². The molecule has 2 nitrogen and oxygen atoms in total. The second-order valence-corrected chi connectivity index (χ2v) is 5.90. The summed E-state index contributed by atoms with van der Waals surface area (Å²) in [6, 6.07) is 8.35. The second kappa shape index (κ2) is 6.01. The number of amides is 1. The number of carbonyl (C=O) groups is 1. The van der Waals surface area contributed by atoms with E-state index in [4.69, 9.17) is 0 Å². The molecule has 1 unspecified atom stereocenters. The Bertz CT molecular complexity index is 391. The first kappa shape index (κ1) is 13.1. The number of nitrogens with zero attached hydrogens (tertiary/aromatic N) is 1. The Morgan fingerprint density at radius 1 is 1.35 bits per heavy atom. The highest BCUT2D eigenvalue weighted by molar-refractivity contribution is 9.10. The normalized spacial score (nSPS) is 19.6. The third kappa shape index (κ3) is 3.32. The average molecular weight is 361 g/mol. The Kier molecular flexibility index (Phi) is 4.62. The first-order valence-electron chi connectivity index (χ1n) is 5.80. The summed E-state index contributed by atoms with van der Waals surface area (Å²) in [7, 11) is 0. The highest BCUT2D eigenvalue weighted by Gasteiger charge is 2.27. The molecule has 0 spiro atoms. The van der Waals surface area contributed by atoms with Crippen molar-refractivity contribution in [2.45, 2.75) is 25.3 Å². The van der Waals surface area contributed by atoms with E-state index in [0.717, 1.165) is 34.8 Å². The van der Waals surface area contributed by atoms with Gasteiger partial charge in [0, 0.05) is 22.4 Å². The lowest BCUT2D eigenvalue weighted by atomic mass is 10.1. The van der Waals surface area contributed by atoms with Gasteiger partial charge in [-0.25, -0.2) is 0 Å². The zero-order chi connectivity index (χ0) is 12.3. The van der Waals surface area contributed by atoms with E-state index >= 15 is 0 Å². The maximum absolute atomic E-state index is 12.2. The largest absolute Gasteiger partial charge is 0.339 e. The lowest BCUT2D eigenvalue weighted by Crippen LogP contribution is -2.37. The molecule has 1 aliphatic heterocycles. The molecule has 0 bridgehead atoms. The number of halogens is 2. The van der Waals surface area contributed by atoms with Gasteiger partial charge in [0.15, 0.2) is 0 Å². The number of hydrogen-bond acceptors (Lipinski definition) is 1. The molecule has 0 aromatic heterocycles. The van der Waals surface area contributed by atoms with Crippen molar-refractivity contribution in [3.8, 4) is 0 Å². The molecule has 1 aromatic rings. The fourth-order valence-corrected chi connectivity index (χ4v) is 3.14. The molecular formula is C13H15Br2NO. The van der Waals surface area contributed by atoms with E-state index in [1.807, 2.05) is 29.2 Å². The summed E-state index contributed by atoms with van der Waals surface area (Å²) in [6.45, 7) is 0.908. The predicted octanol–water partition coefficient (Wildman–Crippen LogP) is 3.38. The van der Waals surface area contributed by atoms with Crippen LogP contribution in [0, 0.1) is 0 Å². The van der Waals surface area contributed by atoms with Gasteiger partial charge in [-0.3, -0.25) is 4.79 Å². The molecule has 0 aliphatic carbocycles. The lowest BCUT2D eigenvalue weighted by molar-refractivity contribution is -0.130. The fourth-order valence-electron chi connectivity index (χ4n) is 2.20. The van der Waals surface area contributed by atoms with Gasteiger partial charge in [0.1, 0.15) is 0 Å². The Labute approximate surface area is 119 Å². The van der Waals surface area contributed by atoms with Gasteiger partial charge in [-0.05, 0) is 30.5 Å². The van der Waals surface area contributed by atoms with Crippen molar-refractivity contribution in [3.63, 3.8) is 0 Å². The number of hydrogen-bond donors (Lipinski definition) is 0. The van der Waals surface area contributed by atoms with E-state index in [2.05, 4.69) is 31.9 Å². The zero-order valence-electron chi connectivity index (χ0n) is 9.53. The number of carbonyl (C=O) groups excluding carboxylic acids is 1. The molecule has 4 heteroatoms. The maximum atomic E-state index is 12.2. The minimum absolute atomic E-state index is 0.245. The predicted molar refractivity (Wildman–Crippen MR) is 76.4 cm³/mol. The van der Waals surface area contributed by atoms with Gasteiger partial charge < -0.3 is 4.90 Å². The molecule has 0 saturated carbocycles. The second-order valence-electron chi connectivity index (χ2n) is 4.34. The van der Waals surface area contributed by atoms with Gasteiger partial charge in [0.25, 0.3) is 0 Å². The van der Waals surface area contributed by atoms with Crippen LogP contribution in [0.4, 0.5) is 0 Å². The van der Waals surface area contributed by atoms with E-state index in [1.54, 1.807) is 0 Å². The van der Waals surface area contributed by atoms with E-state index in [0.29, 0.717) is 12.5 Å². The molecule has 17 heavy (non-hydrogen) atoms. The molecule has 0 N–H and O–H groups in total. The van der Waals surface area contributed by atoms with Crippen molar-refractivity contribution in [3.05, 3.63) is 34.3 Å². The topological polar surface area (TPSA) is 20.3 Å². The van der Waals surface area contributed by atoms with Crippen LogP contribution in [-0.2, 0) is 11.2 Å². The van der Waals surface area contributed by atoms with Crippen LogP contribution in [0.1, 0.15) is 18.4 Å². The van der Waals surface area contributed by atoms with Crippen LogP contribution in [0.5, 0.6) is 0 Å². The molecule has 1 fully saturated rings. The van der Waals surface area contributed by atoms with Crippen LogP contribution in [0.3, 0.4) is 0 Å². The average Bonchev–Trinajstić information content (AvgIpc) is 2.80. The first-order chi connectivity index (χ1) is 8.20. The van der Waals surface area contributed by atoms with Gasteiger partial charge in [0.05, 0.1) is 6.42 Å². The molecule has 2 rings (SSSR count). The minimum Gasteiger partial charge on any atom is -0.339 e. The molecule has 1 amide bonds. The highest BCUT2D eigenvalue weighted by Crippen LogP contribution is 2.20. The van der Waals surface area contributed by atoms with Crippen molar-refractivity contribution in [1.29, 1.82) is 0 Å². The third-order valence-electron chi connectivity index (χ3n) is 3.14. The van der Waals surface area contributed by atoms with Crippen molar-refractivity contribution in [1.82, 2.24) is 4.90 Å². The number of rotatable bonds is 3. The standard InChI is InChI=1S/C13H15Br2NO/c14-9-12-2-1-7-16(12)13(17)8-10-3-5-11(15)6-4-10/h3-6,12H,1-2,7-9H2. The molecule has 1 aliphatic rings. The number of benzene rings is 1. The summed E-state index contributed by atoms with van der Waals surface area (Å²) in [5.41, 5.74) is 1.08. The molecule has 1 heterocycles. The Hall–Kier alpha value is -0.350. The summed E-state index contributed by atoms with van der Waals surface area (Å²) >= 11 is 6.88. The fraction of sp³-hybridized carbons (Fsp3) is 0.462. The van der Waals surface area contributed by atoms with Crippen LogP contribution in [-0.4, -0.2) is 28.7 Å². The lowest BCUT2D eigenvalue weighted by Gasteiger charge is -2.23. The van der Waals surface area contributed by atoms with Gasteiger partial charge in [-0.15, -0.1) is 0 Å². The smallest absolute Gasteiger partial charge is 0.227 e. The minimum atomic E-state index is 0.245. The quantitative estimate of drug-likeness (QED) is 0.756. The van der Waals surface area contributed by atoms with Crippen molar-refractivity contribution in [2.24, 2.45) is 0 Å². The van der Waals surface area contributed by atoms with E-state index in [-0.39, 0.29) is 5.91 Å². The molecule has 0 radical (unpaired) electrons. The zero-order valence-corrected chi connectivity index (χ0v) is 12.7. The molecule has 92 valence electrons. The number of likely N-dealkylation sites (tertiary alicyclic amines) is 1. The summed E-state index contributed by atoms with van der Waals surface area (Å²) in [4.78, 5) is 14.2. The van der Waals surface area contributed by atoms with Crippen molar-refractivity contribution in [2.75, 3.05) is 11.9 Å². The van der Waals surface area contributed by atoms with Crippen molar-refractivity contribution < 1.29 is 4.79 Å². The molecule has 1 saturated heterocycles. The monoisotopic (exact) mass is 359 g/mol. The first-order valence-corrected chi connectivity index (χ1v) is 7.72. The van der Waals surface area contributed by atoms with Crippen molar-refractivity contribution >= 4 is 37.8 Å². The number of alkyl halides is 1. The Balaban J connectivity index is 1.99. The van der Waals surface area contributed by atoms with Crippen LogP contribution in [0.15, 0.2) is 28.7 Å².